The number of Topliss-reactive ketones (excluding diaryl/α,β-unsaturated/α-hetero) is 1. The second-order valence-corrected chi connectivity index (χ2v) is 8.57. The number of hydrogen-bond donors (Lipinski definition) is 0. The molecule has 0 aliphatic carbocycles. The average molecular weight is 390 g/mol. The summed E-state index contributed by atoms with van der Waals surface area (Å²) in [6.07, 6.45) is 3.89. The van der Waals surface area contributed by atoms with Crippen LogP contribution in [0.4, 0.5) is 4.79 Å². The maximum Gasteiger partial charge on any atom is 0.410 e. The predicted octanol–water partition coefficient (Wildman–Crippen LogP) is 3.85. The van der Waals surface area contributed by atoms with Gasteiger partial charge in [0.1, 0.15) is 5.60 Å². The molecule has 7 heteroatoms. The number of fused-ring (bicyclic) bond motifs is 2. The van der Waals surface area contributed by atoms with Crippen LogP contribution in [0.15, 0.2) is 12.1 Å². The van der Waals surface area contributed by atoms with Gasteiger partial charge in [0.15, 0.2) is 5.78 Å². The molecule has 0 N–H and O–H groups in total. The molecule has 28 heavy (non-hydrogen) atoms. The van der Waals surface area contributed by atoms with Crippen molar-refractivity contribution in [3.8, 4) is 11.8 Å². The quantitative estimate of drug-likeness (QED) is 0.727. The van der Waals surface area contributed by atoms with Crippen LogP contribution in [-0.2, 0) is 4.74 Å². The maximum atomic E-state index is 13.2. The van der Waals surface area contributed by atoms with E-state index >= 15 is 0 Å². The van der Waals surface area contributed by atoms with Crippen molar-refractivity contribution in [1.29, 1.82) is 0 Å². The van der Waals surface area contributed by atoms with E-state index < -0.39 is 5.60 Å². The van der Waals surface area contributed by atoms with Gasteiger partial charge >= 0.3 is 6.09 Å². The largest absolute Gasteiger partial charge is 0.481 e. The lowest BCUT2D eigenvalue weighted by Crippen LogP contribution is -2.56. The summed E-state index contributed by atoms with van der Waals surface area (Å²) >= 11 is 0. The highest BCUT2D eigenvalue weighted by Gasteiger charge is 2.44. The zero-order valence-corrected chi connectivity index (χ0v) is 17.4. The first-order chi connectivity index (χ1) is 13.2. The third-order valence-electron chi connectivity index (χ3n) is 5.45. The fourth-order valence-electron chi connectivity index (χ4n) is 4.31. The molecular weight excluding hydrogens is 360 g/mol. The molecule has 3 heterocycles. The SMILES string of the molecule is COc1ccc(C(=O)C2CC3CCCC(C2)N3C(=O)OC(C)(C)C)c(OC)n1. The van der Waals surface area contributed by atoms with Gasteiger partial charge < -0.3 is 19.1 Å². The van der Waals surface area contributed by atoms with Crippen molar-refractivity contribution in [2.75, 3.05) is 14.2 Å². The molecule has 1 aromatic rings. The van der Waals surface area contributed by atoms with Crippen LogP contribution in [0.25, 0.3) is 0 Å². The van der Waals surface area contributed by atoms with E-state index in [1.165, 1.54) is 14.2 Å². The molecule has 2 bridgehead atoms. The summed E-state index contributed by atoms with van der Waals surface area (Å²) in [5.41, 5.74) is -0.0581. The van der Waals surface area contributed by atoms with E-state index in [9.17, 15) is 9.59 Å². The fourth-order valence-corrected chi connectivity index (χ4v) is 4.31. The van der Waals surface area contributed by atoms with Gasteiger partial charge in [-0.3, -0.25) is 4.79 Å². The molecule has 2 aliphatic rings. The van der Waals surface area contributed by atoms with Gasteiger partial charge in [0.25, 0.3) is 0 Å². The zero-order chi connectivity index (χ0) is 20.5. The minimum absolute atomic E-state index is 0.0211. The molecule has 0 radical (unpaired) electrons. The lowest BCUT2D eigenvalue weighted by atomic mass is 9.76. The molecule has 2 aliphatic heterocycles. The molecule has 2 atom stereocenters. The molecule has 2 unspecified atom stereocenters. The summed E-state index contributed by atoms with van der Waals surface area (Å²) in [7, 11) is 3.02. The first-order valence-corrected chi connectivity index (χ1v) is 9.88. The molecule has 0 saturated carbocycles. The van der Waals surface area contributed by atoms with Gasteiger partial charge in [-0.1, -0.05) is 0 Å². The molecule has 1 aromatic heterocycles. The third-order valence-corrected chi connectivity index (χ3v) is 5.45. The highest BCUT2D eigenvalue weighted by Crippen LogP contribution is 2.40. The number of amides is 1. The van der Waals surface area contributed by atoms with Crippen molar-refractivity contribution in [2.45, 2.75) is 70.6 Å². The number of ether oxygens (including phenoxy) is 3. The van der Waals surface area contributed by atoms with Crippen molar-refractivity contribution in [3.63, 3.8) is 0 Å². The van der Waals surface area contributed by atoms with Crippen LogP contribution in [0.3, 0.4) is 0 Å². The number of rotatable bonds is 4. The summed E-state index contributed by atoms with van der Waals surface area (Å²) in [6, 6.07) is 3.46. The second-order valence-electron chi connectivity index (χ2n) is 8.57. The van der Waals surface area contributed by atoms with Crippen molar-refractivity contribution < 1.29 is 23.8 Å². The Bertz CT molecular complexity index is 729. The van der Waals surface area contributed by atoms with Crippen molar-refractivity contribution in [1.82, 2.24) is 9.88 Å². The van der Waals surface area contributed by atoms with Crippen molar-refractivity contribution in [3.05, 3.63) is 17.7 Å². The average Bonchev–Trinajstić information content (AvgIpc) is 2.64. The maximum absolute atomic E-state index is 13.2. The molecule has 1 amide bonds. The Morgan fingerprint density at radius 3 is 2.25 bits per heavy atom. The number of aromatic nitrogens is 1. The van der Waals surface area contributed by atoms with Gasteiger partial charge in [0.2, 0.25) is 11.8 Å². The molecule has 3 rings (SSSR count). The summed E-state index contributed by atoms with van der Waals surface area (Å²) in [5, 5.41) is 0. The van der Waals surface area contributed by atoms with Crippen LogP contribution in [0.1, 0.15) is 63.2 Å². The van der Waals surface area contributed by atoms with E-state index in [0.717, 1.165) is 19.3 Å². The normalized spacial score (nSPS) is 24.5. The number of piperidine rings is 2. The number of methoxy groups -OCH3 is 2. The summed E-state index contributed by atoms with van der Waals surface area (Å²) in [4.78, 5) is 32.0. The van der Waals surface area contributed by atoms with Gasteiger partial charge in [-0.15, -0.1) is 0 Å². The van der Waals surface area contributed by atoms with Gasteiger partial charge in [-0.25, -0.2) is 4.79 Å². The first kappa shape index (κ1) is 20.4. The first-order valence-electron chi connectivity index (χ1n) is 9.88. The van der Waals surface area contributed by atoms with Crippen LogP contribution in [0.2, 0.25) is 0 Å². The molecule has 154 valence electrons. The number of pyridine rings is 1. The molecular formula is C21H30N2O5. The minimum Gasteiger partial charge on any atom is -0.481 e. The molecule has 0 aromatic carbocycles. The van der Waals surface area contributed by atoms with Gasteiger partial charge in [-0.05, 0) is 58.9 Å². The standard InChI is InChI=1S/C21H30N2O5/c1-21(2,3)28-20(25)23-14-7-6-8-15(23)12-13(11-14)18(24)16-9-10-17(26-4)22-19(16)27-5/h9-10,13-15H,6-8,11-12H2,1-5H3. The van der Waals surface area contributed by atoms with Crippen molar-refractivity contribution >= 4 is 11.9 Å². The minimum atomic E-state index is -0.528. The second kappa shape index (κ2) is 7.97. The number of hydrogen-bond acceptors (Lipinski definition) is 6. The van der Waals surface area contributed by atoms with Crippen LogP contribution in [0, 0.1) is 5.92 Å². The van der Waals surface area contributed by atoms with E-state index in [2.05, 4.69) is 4.98 Å². The van der Waals surface area contributed by atoms with Crippen LogP contribution in [0.5, 0.6) is 11.8 Å². The molecule has 2 saturated heterocycles. The lowest BCUT2D eigenvalue weighted by Gasteiger charge is -2.48. The summed E-state index contributed by atoms with van der Waals surface area (Å²) < 4.78 is 16.0. The topological polar surface area (TPSA) is 78.0 Å². The van der Waals surface area contributed by atoms with E-state index in [1.807, 2.05) is 25.7 Å². The Balaban J connectivity index is 1.78. The van der Waals surface area contributed by atoms with E-state index in [4.69, 9.17) is 14.2 Å². The zero-order valence-electron chi connectivity index (χ0n) is 17.4. The highest BCUT2D eigenvalue weighted by molar-refractivity contribution is 6.00. The van der Waals surface area contributed by atoms with Gasteiger partial charge in [0.05, 0.1) is 19.8 Å². The summed E-state index contributed by atoms with van der Waals surface area (Å²) in [6.45, 7) is 5.62. The molecule has 2 fully saturated rings. The smallest absolute Gasteiger partial charge is 0.410 e. The fraction of sp³-hybridized carbons (Fsp3) is 0.667. The lowest BCUT2D eigenvalue weighted by molar-refractivity contribution is -0.0261. The van der Waals surface area contributed by atoms with E-state index in [0.29, 0.717) is 24.3 Å². The highest BCUT2D eigenvalue weighted by atomic mass is 16.6. The Labute approximate surface area is 166 Å². The third kappa shape index (κ3) is 4.23. The Hall–Kier alpha value is -2.31. The van der Waals surface area contributed by atoms with Crippen molar-refractivity contribution in [2.24, 2.45) is 5.92 Å². The monoisotopic (exact) mass is 390 g/mol. The summed E-state index contributed by atoms with van der Waals surface area (Å²) in [5.74, 6) is 0.555. The Morgan fingerprint density at radius 2 is 1.71 bits per heavy atom. The number of nitrogens with zero attached hydrogens (tertiary/aromatic N) is 2. The molecule has 0 spiro atoms. The Kier molecular flexibility index (Phi) is 5.82. The predicted molar refractivity (Wildman–Crippen MR) is 104 cm³/mol. The van der Waals surface area contributed by atoms with Gasteiger partial charge in [0, 0.05) is 24.1 Å². The number of carbonyl (C=O) groups excluding carboxylic acids is 2. The molecule has 7 nitrogen and oxygen atoms in total. The number of carbonyl (C=O) groups is 2. The van der Waals surface area contributed by atoms with Gasteiger partial charge in [-0.2, -0.15) is 4.98 Å². The van der Waals surface area contributed by atoms with Crippen LogP contribution in [-0.4, -0.2) is 53.7 Å². The Morgan fingerprint density at radius 1 is 1.07 bits per heavy atom. The van der Waals surface area contributed by atoms with E-state index in [-0.39, 0.29) is 35.8 Å². The van der Waals surface area contributed by atoms with Crippen LogP contribution >= 0.6 is 0 Å². The number of ketones is 1. The van der Waals surface area contributed by atoms with Crippen LogP contribution < -0.4 is 9.47 Å². The van der Waals surface area contributed by atoms with E-state index in [1.54, 1.807) is 12.1 Å².